The van der Waals surface area contributed by atoms with E-state index in [1.54, 1.807) is 4.90 Å². The van der Waals surface area contributed by atoms with Crippen molar-refractivity contribution in [1.82, 2.24) is 14.7 Å². The molecule has 80 valence electrons. The minimum absolute atomic E-state index is 0.0240. The van der Waals surface area contributed by atoms with Crippen molar-refractivity contribution in [3.8, 4) is 0 Å². The molecule has 0 saturated carbocycles. The number of aromatic nitrogens is 2. The SMILES string of the molecule is C=CC(=O)N1Cc2cn(C(C)C)nc2C1. The Labute approximate surface area is 89.2 Å². The van der Waals surface area contributed by atoms with E-state index in [2.05, 4.69) is 25.5 Å². The van der Waals surface area contributed by atoms with Gasteiger partial charge in [0.15, 0.2) is 0 Å². The molecule has 0 atom stereocenters. The van der Waals surface area contributed by atoms with E-state index in [9.17, 15) is 4.79 Å². The van der Waals surface area contributed by atoms with Crippen molar-refractivity contribution in [1.29, 1.82) is 0 Å². The Balaban J connectivity index is 2.16. The smallest absolute Gasteiger partial charge is 0.246 e. The highest BCUT2D eigenvalue weighted by molar-refractivity contribution is 5.87. The molecular formula is C11H15N3O. The molecule has 0 saturated heterocycles. The highest BCUT2D eigenvalue weighted by Gasteiger charge is 2.25. The number of hydrogen-bond donors (Lipinski definition) is 0. The highest BCUT2D eigenvalue weighted by Crippen LogP contribution is 2.22. The number of fused-ring (bicyclic) bond motifs is 1. The molecule has 15 heavy (non-hydrogen) atoms. The first-order chi connectivity index (χ1) is 7.11. The van der Waals surface area contributed by atoms with Crippen LogP contribution in [0.4, 0.5) is 0 Å². The van der Waals surface area contributed by atoms with E-state index in [0.717, 1.165) is 11.3 Å². The number of carbonyl (C=O) groups excluding carboxylic acids is 1. The quantitative estimate of drug-likeness (QED) is 0.686. The van der Waals surface area contributed by atoms with Gasteiger partial charge in [0.2, 0.25) is 5.91 Å². The summed E-state index contributed by atoms with van der Waals surface area (Å²) < 4.78 is 1.94. The van der Waals surface area contributed by atoms with Gasteiger partial charge in [0.25, 0.3) is 0 Å². The molecule has 4 nitrogen and oxygen atoms in total. The van der Waals surface area contributed by atoms with Crippen LogP contribution in [0.25, 0.3) is 0 Å². The summed E-state index contributed by atoms with van der Waals surface area (Å²) in [5, 5.41) is 4.45. The molecule has 2 heterocycles. The van der Waals surface area contributed by atoms with Crippen LogP contribution in [0.2, 0.25) is 0 Å². The lowest BCUT2D eigenvalue weighted by molar-refractivity contribution is -0.126. The fraction of sp³-hybridized carbons (Fsp3) is 0.455. The van der Waals surface area contributed by atoms with Gasteiger partial charge in [0.05, 0.1) is 12.2 Å². The van der Waals surface area contributed by atoms with E-state index >= 15 is 0 Å². The molecule has 4 heteroatoms. The zero-order chi connectivity index (χ0) is 11.0. The summed E-state index contributed by atoms with van der Waals surface area (Å²) in [7, 11) is 0. The summed E-state index contributed by atoms with van der Waals surface area (Å²) in [5.41, 5.74) is 2.16. The van der Waals surface area contributed by atoms with Crippen molar-refractivity contribution >= 4 is 5.91 Å². The summed E-state index contributed by atoms with van der Waals surface area (Å²) in [6.45, 7) is 8.94. The summed E-state index contributed by atoms with van der Waals surface area (Å²) in [4.78, 5) is 13.1. The minimum Gasteiger partial charge on any atom is -0.329 e. The Morgan fingerprint density at radius 1 is 1.60 bits per heavy atom. The van der Waals surface area contributed by atoms with E-state index in [4.69, 9.17) is 0 Å². The monoisotopic (exact) mass is 205 g/mol. The molecule has 1 aliphatic heterocycles. The van der Waals surface area contributed by atoms with Gasteiger partial charge in [-0.2, -0.15) is 5.10 Å². The predicted molar refractivity (Wildman–Crippen MR) is 57.1 cm³/mol. The van der Waals surface area contributed by atoms with Gasteiger partial charge >= 0.3 is 0 Å². The van der Waals surface area contributed by atoms with Crippen molar-refractivity contribution in [2.45, 2.75) is 33.0 Å². The van der Waals surface area contributed by atoms with E-state index < -0.39 is 0 Å². The Morgan fingerprint density at radius 3 is 2.87 bits per heavy atom. The third kappa shape index (κ3) is 1.67. The predicted octanol–water partition coefficient (Wildman–Crippen LogP) is 1.49. The molecule has 0 aromatic carbocycles. The number of hydrogen-bond acceptors (Lipinski definition) is 2. The van der Waals surface area contributed by atoms with Gasteiger partial charge in [-0.05, 0) is 19.9 Å². The normalized spacial score (nSPS) is 14.5. The van der Waals surface area contributed by atoms with Crippen LogP contribution < -0.4 is 0 Å². The first-order valence-electron chi connectivity index (χ1n) is 5.10. The van der Waals surface area contributed by atoms with Crippen molar-refractivity contribution in [3.05, 3.63) is 30.1 Å². The Morgan fingerprint density at radius 2 is 2.33 bits per heavy atom. The third-order valence-electron chi connectivity index (χ3n) is 2.61. The van der Waals surface area contributed by atoms with Crippen molar-refractivity contribution in [2.24, 2.45) is 0 Å². The molecule has 0 unspecified atom stereocenters. The van der Waals surface area contributed by atoms with Crippen LogP contribution in [0.1, 0.15) is 31.1 Å². The molecule has 0 aliphatic carbocycles. The van der Waals surface area contributed by atoms with Gasteiger partial charge in [-0.3, -0.25) is 9.48 Å². The lowest BCUT2D eigenvalue weighted by Crippen LogP contribution is -2.23. The average Bonchev–Trinajstić information content (AvgIpc) is 2.72. The fourth-order valence-electron chi connectivity index (χ4n) is 1.72. The lowest BCUT2D eigenvalue weighted by atomic mass is 10.3. The second kappa shape index (κ2) is 3.53. The van der Waals surface area contributed by atoms with Crippen LogP contribution in [0.3, 0.4) is 0 Å². The molecule has 0 radical (unpaired) electrons. The minimum atomic E-state index is -0.0240. The average molecular weight is 205 g/mol. The largest absolute Gasteiger partial charge is 0.329 e. The molecule has 0 spiro atoms. The van der Waals surface area contributed by atoms with Gasteiger partial charge in [-0.15, -0.1) is 0 Å². The second-order valence-corrected chi connectivity index (χ2v) is 4.07. The number of rotatable bonds is 2. The lowest BCUT2D eigenvalue weighted by Gasteiger charge is -2.13. The van der Waals surface area contributed by atoms with Crippen LogP contribution in [-0.4, -0.2) is 20.6 Å². The van der Waals surface area contributed by atoms with Crippen LogP contribution in [0.15, 0.2) is 18.9 Å². The number of amides is 1. The number of carbonyl (C=O) groups is 1. The van der Waals surface area contributed by atoms with Gasteiger partial charge in [0.1, 0.15) is 0 Å². The fourth-order valence-corrected chi connectivity index (χ4v) is 1.72. The van der Waals surface area contributed by atoms with Gasteiger partial charge in [-0.1, -0.05) is 6.58 Å². The summed E-state index contributed by atoms with van der Waals surface area (Å²) in [6.07, 6.45) is 3.37. The zero-order valence-electron chi connectivity index (χ0n) is 9.10. The molecule has 1 aliphatic rings. The Hall–Kier alpha value is -1.58. The van der Waals surface area contributed by atoms with E-state index in [0.29, 0.717) is 19.1 Å². The van der Waals surface area contributed by atoms with E-state index in [1.807, 2.05) is 10.9 Å². The van der Waals surface area contributed by atoms with Crippen molar-refractivity contribution < 1.29 is 4.79 Å². The van der Waals surface area contributed by atoms with Crippen LogP contribution >= 0.6 is 0 Å². The summed E-state index contributed by atoms with van der Waals surface area (Å²) >= 11 is 0. The van der Waals surface area contributed by atoms with Crippen LogP contribution in [-0.2, 0) is 17.9 Å². The standard InChI is InChI=1S/C11H15N3O/c1-4-11(15)13-5-9-6-14(8(2)3)12-10(9)7-13/h4,6,8H,1,5,7H2,2-3H3. The number of nitrogens with zero attached hydrogens (tertiary/aromatic N) is 3. The molecule has 0 fully saturated rings. The van der Waals surface area contributed by atoms with E-state index in [1.165, 1.54) is 6.08 Å². The zero-order valence-corrected chi connectivity index (χ0v) is 9.10. The molecular weight excluding hydrogens is 190 g/mol. The third-order valence-corrected chi connectivity index (χ3v) is 2.61. The van der Waals surface area contributed by atoms with Crippen LogP contribution in [0, 0.1) is 0 Å². The topological polar surface area (TPSA) is 38.1 Å². The molecule has 1 aromatic heterocycles. The molecule has 1 amide bonds. The van der Waals surface area contributed by atoms with Gasteiger partial charge < -0.3 is 4.90 Å². The van der Waals surface area contributed by atoms with Crippen LogP contribution in [0.5, 0.6) is 0 Å². The molecule has 0 N–H and O–H groups in total. The van der Waals surface area contributed by atoms with Crippen molar-refractivity contribution in [3.63, 3.8) is 0 Å². The second-order valence-electron chi connectivity index (χ2n) is 4.07. The molecule has 2 rings (SSSR count). The first kappa shape index (κ1) is 9.96. The maximum absolute atomic E-state index is 11.4. The van der Waals surface area contributed by atoms with E-state index in [-0.39, 0.29) is 5.91 Å². The highest BCUT2D eigenvalue weighted by atomic mass is 16.2. The molecule has 1 aromatic rings. The molecule has 0 bridgehead atoms. The maximum atomic E-state index is 11.4. The Bertz CT molecular complexity index is 382. The summed E-state index contributed by atoms with van der Waals surface area (Å²) in [6, 6.07) is 0.374. The maximum Gasteiger partial charge on any atom is 0.246 e. The van der Waals surface area contributed by atoms with Crippen molar-refractivity contribution in [2.75, 3.05) is 0 Å². The first-order valence-corrected chi connectivity index (χ1v) is 5.10. The Kier molecular flexibility index (Phi) is 2.34. The summed E-state index contributed by atoms with van der Waals surface area (Å²) in [5.74, 6) is -0.0240. The van der Waals surface area contributed by atoms with Gasteiger partial charge in [-0.25, -0.2) is 0 Å². The van der Waals surface area contributed by atoms with Gasteiger partial charge in [0, 0.05) is 24.3 Å².